The molecular weight excluding hydrogens is 214 g/mol. The summed E-state index contributed by atoms with van der Waals surface area (Å²) in [6, 6.07) is 0.685. The molecule has 0 amide bonds. The third-order valence-corrected chi connectivity index (χ3v) is 4.12. The first-order chi connectivity index (χ1) is 8.40. The van der Waals surface area contributed by atoms with Gasteiger partial charge in [-0.25, -0.2) is 0 Å². The van der Waals surface area contributed by atoms with E-state index in [1.807, 2.05) is 0 Å². The first-order valence-corrected chi connectivity index (χ1v) is 7.13. The van der Waals surface area contributed by atoms with Crippen LogP contribution in [0.15, 0.2) is 0 Å². The Morgan fingerprint density at radius 1 is 1.24 bits per heavy atom. The Bertz CT molecular complexity index is 207. The van der Waals surface area contributed by atoms with Gasteiger partial charge in [0.05, 0.1) is 13.2 Å². The van der Waals surface area contributed by atoms with Crippen molar-refractivity contribution >= 4 is 0 Å². The Morgan fingerprint density at radius 3 is 2.82 bits per heavy atom. The van der Waals surface area contributed by atoms with Gasteiger partial charge in [-0.3, -0.25) is 4.90 Å². The molecule has 2 atom stereocenters. The minimum atomic E-state index is 0.685. The second-order valence-electron chi connectivity index (χ2n) is 5.29. The largest absolute Gasteiger partial charge is 0.379 e. The zero-order chi connectivity index (χ0) is 11.9. The number of nitrogens with two attached hydrogens (primary N) is 1. The van der Waals surface area contributed by atoms with E-state index in [0.717, 1.165) is 45.3 Å². The van der Waals surface area contributed by atoms with Crippen molar-refractivity contribution in [3.8, 4) is 0 Å². The van der Waals surface area contributed by atoms with Gasteiger partial charge in [-0.2, -0.15) is 0 Å². The third-order valence-electron chi connectivity index (χ3n) is 4.12. The molecule has 0 bridgehead atoms. The summed E-state index contributed by atoms with van der Waals surface area (Å²) in [5, 5.41) is 3.68. The van der Waals surface area contributed by atoms with Gasteiger partial charge in [0.1, 0.15) is 0 Å². The zero-order valence-corrected chi connectivity index (χ0v) is 10.9. The van der Waals surface area contributed by atoms with Crippen LogP contribution in [0.4, 0.5) is 0 Å². The number of nitrogens with zero attached hydrogens (tertiary/aromatic N) is 1. The highest BCUT2D eigenvalue weighted by Gasteiger charge is 2.25. The molecule has 4 nitrogen and oxygen atoms in total. The number of nitrogens with one attached hydrogen (secondary N) is 1. The van der Waals surface area contributed by atoms with Gasteiger partial charge in [-0.05, 0) is 44.8 Å². The molecule has 0 radical (unpaired) electrons. The average Bonchev–Trinajstić information content (AvgIpc) is 2.83. The predicted octanol–water partition coefficient (Wildman–Crippen LogP) is 0.426. The molecule has 1 aliphatic heterocycles. The van der Waals surface area contributed by atoms with E-state index in [1.165, 1.54) is 32.2 Å². The maximum absolute atomic E-state index is 5.78. The topological polar surface area (TPSA) is 50.5 Å². The van der Waals surface area contributed by atoms with Crippen molar-refractivity contribution in [3.63, 3.8) is 0 Å². The molecule has 100 valence electrons. The molecule has 0 aromatic rings. The van der Waals surface area contributed by atoms with Gasteiger partial charge in [0, 0.05) is 19.1 Å². The summed E-state index contributed by atoms with van der Waals surface area (Å²) in [7, 11) is 0. The van der Waals surface area contributed by atoms with E-state index in [0.29, 0.717) is 6.04 Å². The summed E-state index contributed by atoms with van der Waals surface area (Å²) in [6.07, 6.45) is 5.23. The van der Waals surface area contributed by atoms with E-state index in [2.05, 4.69) is 10.2 Å². The fourth-order valence-electron chi connectivity index (χ4n) is 3.00. The number of hydrogen-bond acceptors (Lipinski definition) is 4. The third kappa shape index (κ3) is 4.21. The molecule has 0 spiro atoms. The predicted molar refractivity (Wildman–Crippen MR) is 70.1 cm³/mol. The molecule has 1 heterocycles. The van der Waals surface area contributed by atoms with Gasteiger partial charge in [-0.1, -0.05) is 6.42 Å². The summed E-state index contributed by atoms with van der Waals surface area (Å²) in [5.74, 6) is 0.721. The molecular formula is C13H27N3O. The van der Waals surface area contributed by atoms with Crippen LogP contribution in [-0.2, 0) is 4.74 Å². The van der Waals surface area contributed by atoms with Crippen LogP contribution in [0.5, 0.6) is 0 Å². The highest BCUT2D eigenvalue weighted by molar-refractivity contribution is 4.83. The maximum Gasteiger partial charge on any atom is 0.0594 e. The van der Waals surface area contributed by atoms with Crippen LogP contribution in [0.1, 0.15) is 25.7 Å². The summed E-state index contributed by atoms with van der Waals surface area (Å²) in [6.45, 7) is 7.22. The lowest BCUT2D eigenvalue weighted by Crippen LogP contribution is -2.40. The van der Waals surface area contributed by atoms with Crippen LogP contribution < -0.4 is 11.1 Å². The van der Waals surface area contributed by atoms with Crippen molar-refractivity contribution in [2.45, 2.75) is 31.7 Å². The molecule has 3 N–H and O–H groups in total. The molecule has 2 aliphatic rings. The number of rotatable bonds is 6. The number of hydrogen-bond donors (Lipinski definition) is 2. The van der Waals surface area contributed by atoms with Crippen LogP contribution in [0, 0.1) is 5.92 Å². The molecule has 1 saturated carbocycles. The standard InChI is InChI=1S/C13H27N3O/c14-11-12-3-1-4-13(12)15-5-2-6-16-7-9-17-10-8-16/h12-13,15H,1-11,14H2. The van der Waals surface area contributed by atoms with Crippen molar-refractivity contribution in [1.82, 2.24) is 10.2 Å². The van der Waals surface area contributed by atoms with E-state index in [1.54, 1.807) is 0 Å². The van der Waals surface area contributed by atoms with E-state index in [4.69, 9.17) is 10.5 Å². The summed E-state index contributed by atoms with van der Waals surface area (Å²) < 4.78 is 5.34. The Labute approximate surface area is 105 Å². The molecule has 2 unspecified atom stereocenters. The maximum atomic E-state index is 5.78. The normalized spacial score (nSPS) is 30.9. The van der Waals surface area contributed by atoms with Crippen LogP contribution in [0.25, 0.3) is 0 Å². The molecule has 2 rings (SSSR count). The van der Waals surface area contributed by atoms with Crippen LogP contribution in [-0.4, -0.2) is 56.9 Å². The van der Waals surface area contributed by atoms with Crippen molar-refractivity contribution in [3.05, 3.63) is 0 Å². The second kappa shape index (κ2) is 7.31. The molecule has 1 aliphatic carbocycles. The second-order valence-corrected chi connectivity index (χ2v) is 5.29. The van der Waals surface area contributed by atoms with Gasteiger partial charge in [0.25, 0.3) is 0 Å². The van der Waals surface area contributed by atoms with Crippen LogP contribution in [0.3, 0.4) is 0 Å². The molecule has 17 heavy (non-hydrogen) atoms. The fraction of sp³-hybridized carbons (Fsp3) is 1.00. The molecule has 0 aromatic heterocycles. The highest BCUT2D eigenvalue weighted by Crippen LogP contribution is 2.24. The average molecular weight is 241 g/mol. The van der Waals surface area contributed by atoms with Gasteiger partial charge in [-0.15, -0.1) is 0 Å². The summed E-state index contributed by atoms with van der Waals surface area (Å²) in [5.41, 5.74) is 5.78. The molecule has 1 saturated heterocycles. The fourth-order valence-corrected chi connectivity index (χ4v) is 3.00. The van der Waals surface area contributed by atoms with Gasteiger partial charge in [0.15, 0.2) is 0 Å². The Morgan fingerprint density at radius 2 is 2.06 bits per heavy atom. The lowest BCUT2D eigenvalue weighted by molar-refractivity contribution is 0.0373. The van der Waals surface area contributed by atoms with E-state index < -0.39 is 0 Å². The summed E-state index contributed by atoms with van der Waals surface area (Å²) in [4.78, 5) is 2.50. The monoisotopic (exact) mass is 241 g/mol. The quantitative estimate of drug-likeness (QED) is 0.662. The Hall–Kier alpha value is -0.160. The lowest BCUT2D eigenvalue weighted by Gasteiger charge is -2.27. The van der Waals surface area contributed by atoms with Crippen molar-refractivity contribution < 1.29 is 4.74 Å². The minimum absolute atomic E-state index is 0.685. The van der Waals surface area contributed by atoms with Gasteiger partial charge in [0.2, 0.25) is 0 Å². The lowest BCUT2D eigenvalue weighted by atomic mass is 10.0. The smallest absolute Gasteiger partial charge is 0.0594 e. The van der Waals surface area contributed by atoms with Crippen molar-refractivity contribution in [2.75, 3.05) is 45.9 Å². The van der Waals surface area contributed by atoms with Gasteiger partial charge < -0.3 is 15.8 Å². The number of morpholine rings is 1. The zero-order valence-electron chi connectivity index (χ0n) is 10.9. The van der Waals surface area contributed by atoms with E-state index in [9.17, 15) is 0 Å². The highest BCUT2D eigenvalue weighted by atomic mass is 16.5. The van der Waals surface area contributed by atoms with E-state index >= 15 is 0 Å². The minimum Gasteiger partial charge on any atom is -0.379 e. The van der Waals surface area contributed by atoms with Crippen molar-refractivity contribution in [2.24, 2.45) is 11.7 Å². The Balaban J connectivity index is 1.53. The first kappa shape index (κ1) is 13.3. The van der Waals surface area contributed by atoms with Crippen molar-refractivity contribution in [1.29, 1.82) is 0 Å². The molecule has 0 aromatic carbocycles. The molecule has 4 heteroatoms. The van der Waals surface area contributed by atoms with Crippen LogP contribution >= 0.6 is 0 Å². The first-order valence-electron chi connectivity index (χ1n) is 7.13. The van der Waals surface area contributed by atoms with Crippen LogP contribution in [0.2, 0.25) is 0 Å². The Kier molecular flexibility index (Phi) is 5.71. The number of ether oxygens (including phenoxy) is 1. The summed E-state index contributed by atoms with van der Waals surface area (Å²) >= 11 is 0. The van der Waals surface area contributed by atoms with Gasteiger partial charge >= 0.3 is 0 Å². The SMILES string of the molecule is NCC1CCCC1NCCCN1CCOCC1. The van der Waals surface area contributed by atoms with E-state index in [-0.39, 0.29) is 0 Å². The molecule has 2 fully saturated rings.